The van der Waals surface area contributed by atoms with E-state index in [-0.39, 0.29) is 5.82 Å². The maximum absolute atomic E-state index is 13.2. The Labute approximate surface area is 109 Å². The summed E-state index contributed by atoms with van der Waals surface area (Å²) in [7, 11) is 0. The third-order valence-electron chi connectivity index (χ3n) is 2.73. The molecule has 0 spiro atoms. The van der Waals surface area contributed by atoms with Crippen LogP contribution in [-0.4, -0.2) is 14.6 Å². The third-order valence-corrected chi connectivity index (χ3v) is 2.73. The molecule has 2 aromatic heterocycles. The van der Waals surface area contributed by atoms with E-state index in [9.17, 15) is 4.39 Å². The van der Waals surface area contributed by atoms with Crippen LogP contribution in [0.1, 0.15) is 11.4 Å². The van der Waals surface area contributed by atoms with Gasteiger partial charge in [0.25, 0.3) is 0 Å². The van der Waals surface area contributed by atoms with Crippen molar-refractivity contribution in [3.05, 3.63) is 59.8 Å². The molecule has 5 heteroatoms. The fourth-order valence-electron chi connectivity index (χ4n) is 1.83. The third kappa shape index (κ3) is 2.30. The highest BCUT2D eigenvalue weighted by Crippen LogP contribution is 2.12. The van der Waals surface area contributed by atoms with Gasteiger partial charge in [-0.15, -0.1) is 10.2 Å². The molecular formula is C14H11FN4. The Kier molecular flexibility index (Phi) is 2.72. The molecule has 3 rings (SSSR count). The van der Waals surface area contributed by atoms with Crippen LogP contribution in [0.25, 0.3) is 17.8 Å². The van der Waals surface area contributed by atoms with Gasteiger partial charge >= 0.3 is 0 Å². The maximum Gasteiger partial charge on any atom is 0.161 e. The molecular weight excluding hydrogens is 243 g/mol. The molecule has 2 N–H and O–H groups in total. The number of anilines is 1. The molecule has 3 aromatic rings. The van der Waals surface area contributed by atoms with E-state index in [2.05, 4.69) is 10.2 Å². The lowest BCUT2D eigenvalue weighted by Crippen LogP contribution is -1.89. The van der Waals surface area contributed by atoms with Crippen molar-refractivity contribution in [2.24, 2.45) is 0 Å². The highest BCUT2D eigenvalue weighted by molar-refractivity contribution is 5.69. The zero-order chi connectivity index (χ0) is 13.2. The quantitative estimate of drug-likeness (QED) is 0.715. The SMILES string of the molecule is Nc1cccc(/C=C\c2nnc3ccc(F)cn23)c1. The molecule has 94 valence electrons. The molecule has 4 nitrogen and oxygen atoms in total. The molecule has 0 atom stereocenters. The number of nitrogens with two attached hydrogens (primary N) is 1. The summed E-state index contributed by atoms with van der Waals surface area (Å²) in [6, 6.07) is 10.4. The molecule has 0 bridgehead atoms. The van der Waals surface area contributed by atoms with Crippen molar-refractivity contribution in [3.63, 3.8) is 0 Å². The Bertz CT molecular complexity index is 761. The van der Waals surface area contributed by atoms with Crippen molar-refractivity contribution < 1.29 is 4.39 Å². The lowest BCUT2D eigenvalue weighted by Gasteiger charge is -1.96. The smallest absolute Gasteiger partial charge is 0.161 e. The predicted molar refractivity (Wildman–Crippen MR) is 72.7 cm³/mol. The maximum atomic E-state index is 13.2. The number of aromatic nitrogens is 3. The molecule has 0 aliphatic heterocycles. The average Bonchev–Trinajstić information content (AvgIpc) is 2.79. The summed E-state index contributed by atoms with van der Waals surface area (Å²) < 4.78 is 14.8. The van der Waals surface area contributed by atoms with Gasteiger partial charge in [0.15, 0.2) is 11.5 Å². The van der Waals surface area contributed by atoms with Gasteiger partial charge in [-0.2, -0.15) is 0 Å². The number of benzene rings is 1. The van der Waals surface area contributed by atoms with Gasteiger partial charge in [0.1, 0.15) is 5.82 Å². The van der Waals surface area contributed by atoms with Crippen LogP contribution in [0.4, 0.5) is 10.1 Å². The number of pyridine rings is 1. The van der Waals surface area contributed by atoms with Crippen LogP contribution >= 0.6 is 0 Å². The van der Waals surface area contributed by atoms with Crippen LogP contribution in [0.15, 0.2) is 42.6 Å². The number of hydrogen-bond donors (Lipinski definition) is 1. The number of fused-ring (bicyclic) bond motifs is 1. The molecule has 0 saturated carbocycles. The highest BCUT2D eigenvalue weighted by atomic mass is 19.1. The molecule has 0 unspecified atom stereocenters. The molecule has 0 aliphatic carbocycles. The minimum Gasteiger partial charge on any atom is -0.399 e. The van der Waals surface area contributed by atoms with Gasteiger partial charge in [-0.05, 0) is 35.9 Å². The highest BCUT2D eigenvalue weighted by Gasteiger charge is 2.02. The summed E-state index contributed by atoms with van der Waals surface area (Å²) in [5, 5.41) is 7.96. The standard InChI is InChI=1S/C14H11FN4/c15-11-5-7-14-18-17-13(19(14)9-11)6-4-10-2-1-3-12(16)8-10/h1-9H,16H2/b6-4-. The average molecular weight is 254 g/mol. The van der Waals surface area contributed by atoms with E-state index >= 15 is 0 Å². The molecule has 0 saturated heterocycles. The van der Waals surface area contributed by atoms with Gasteiger partial charge in [-0.25, -0.2) is 4.39 Å². The Balaban J connectivity index is 1.99. The molecule has 0 fully saturated rings. The molecule has 2 heterocycles. The largest absolute Gasteiger partial charge is 0.399 e. The van der Waals surface area contributed by atoms with Gasteiger partial charge < -0.3 is 5.73 Å². The van der Waals surface area contributed by atoms with E-state index in [4.69, 9.17) is 5.73 Å². The van der Waals surface area contributed by atoms with Gasteiger partial charge in [0, 0.05) is 11.9 Å². The van der Waals surface area contributed by atoms with Crippen molar-refractivity contribution >= 4 is 23.5 Å². The molecule has 1 aromatic carbocycles. The van der Waals surface area contributed by atoms with E-state index < -0.39 is 0 Å². The number of nitrogen functional groups attached to an aromatic ring is 1. The fraction of sp³-hybridized carbons (Fsp3) is 0. The van der Waals surface area contributed by atoms with Gasteiger partial charge in [-0.3, -0.25) is 4.40 Å². The molecule has 19 heavy (non-hydrogen) atoms. The lowest BCUT2D eigenvalue weighted by atomic mass is 10.2. The van der Waals surface area contributed by atoms with Crippen molar-refractivity contribution in [3.8, 4) is 0 Å². The zero-order valence-electron chi connectivity index (χ0n) is 9.99. The van der Waals surface area contributed by atoms with Crippen LogP contribution in [0.5, 0.6) is 0 Å². The van der Waals surface area contributed by atoms with Crippen LogP contribution in [0, 0.1) is 5.82 Å². The lowest BCUT2D eigenvalue weighted by molar-refractivity contribution is 0.619. The van der Waals surface area contributed by atoms with E-state index in [1.165, 1.54) is 12.3 Å². The van der Waals surface area contributed by atoms with E-state index in [1.807, 2.05) is 30.3 Å². The van der Waals surface area contributed by atoms with Crippen molar-refractivity contribution in [2.45, 2.75) is 0 Å². The van der Waals surface area contributed by atoms with E-state index in [0.29, 0.717) is 17.2 Å². The number of nitrogens with zero attached hydrogens (tertiary/aromatic N) is 3. The predicted octanol–water partition coefficient (Wildman–Crippen LogP) is 2.62. The van der Waals surface area contributed by atoms with Crippen LogP contribution in [0.2, 0.25) is 0 Å². The van der Waals surface area contributed by atoms with Crippen LogP contribution < -0.4 is 5.73 Å². The van der Waals surface area contributed by atoms with Gasteiger partial charge in [-0.1, -0.05) is 18.2 Å². The Morgan fingerprint density at radius 2 is 2.00 bits per heavy atom. The summed E-state index contributed by atoms with van der Waals surface area (Å²) in [5.74, 6) is 0.239. The number of rotatable bonds is 2. The second-order valence-electron chi connectivity index (χ2n) is 4.14. The van der Waals surface area contributed by atoms with Crippen molar-refractivity contribution in [1.29, 1.82) is 0 Å². The molecule has 0 aliphatic rings. The van der Waals surface area contributed by atoms with Gasteiger partial charge in [0.2, 0.25) is 0 Å². The Hall–Kier alpha value is -2.69. The van der Waals surface area contributed by atoms with E-state index in [1.54, 1.807) is 16.5 Å². The second-order valence-corrected chi connectivity index (χ2v) is 4.14. The Morgan fingerprint density at radius 3 is 2.84 bits per heavy atom. The minimum atomic E-state index is -0.328. The summed E-state index contributed by atoms with van der Waals surface area (Å²) in [6.07, 6.45) is 4.99. The first-order valence-electron chi connectivity index (χ1n) is 5.76. The first kappa shape index (κ1) is 11.4. The zero-order valence-corrected chi connectivity index (χ0v) is 9.99. The summed E-state index contributed by atoms with van der Waals surface area (Å²) in [6.45, 7) is 0. The van der Waals surface area contributed by atoms with Gasteiger partial charge in [0.05, 0.1) is 0 Å². The monoisotopic (exact) mass is 254 g/mol. The summed E-state index contributed by atoms with van der Waals surface area (Å²) >= 11 is 0. The normalized spacial score (nSPS) is 11.4. The summed E-state index contributed by atoms with van der Waals surface area (Å²) in [4.78, 5) is 0. The summed E-state index contributed by atoms with van der Waals surface area (Å²) in [5.41, 5.74) is 7.95. The minimum absolute atomic E-state index is 0.328. The molecule has 0 radical (unpaired) electrons. The number of hydrogen-bond acceptors (Lipinski definition) is 3. The molecule has 0 amide bonds. The van der Waals surface area contributed by atoms with Crippen LogP contribution in [-0.2, 0) is 0 Å². The topological polar surface area (TPSA) is 56.2 Å². The van der Waals surface area contributed by atoms with E-state index in [0.717, 1.165) is 5.56 Å². The van der Waals surface area contributed by atoms with Crippen LogP contribution in [0.3, 0.4) is 0 Å². The first-order valence-corrected chi connectivity index (χ1v) is 5.76. The number of halogens is 1. The Morgan fingerprint density at radius 1 is 1.11 bits per heavy atom. The first-order chi connectivity index (χ1) is 9.22. The van der Waals surface area contributed by atoms with Crippen molar-refractivity contribution in [1.82, 2.24) is 14.6 Å². The second kappa shape index (κ2) is 4.53. The fourth-order valence-corrected chi connectivity index (χ4v) is 1.83. The van der Waals surface area contributed by atoms with Crippen molar-refractivity contribution in [2.75, 3.05) is 5.73 Å².